The van der Waals surface area contributed by atoms with Crippen LogP contribution in [-0.4, -0.2) is 15.5 Å². The van der Waals surface area contributed by atoms with E-state index in [1.165, 1.54) is 0 Å². The second-order valence-electron chi connectivity index (χ2n) is 3.76. The van der Waals surface area contributed by atoms with E-state index < -0.39 is 0 Å². The third kappa shape index (κ3) is 2.91. The number of hydrogen-bond donors (Lipinski definition) is 1. The monoisotopic (exact) mass is 327 g/mol. The van der Waals surface area contributed by atoms with Crippen LogP contribution >= 0.6 is 27.5 Å². The van der Waals surface area contributed by atoms with Gasteiger partial charge in [0.2, 0.25) is 0 Å². The predicted octanol–water partition coefficient (Wildman–Crippen LogP) is 2.77. The van der Waals surface area contributed by atoms with Gasteiger partial charge in [-0.3, -0.25) is 4.79 Å². The summed E-state index contributed by atoms with van der Waals surface area (Å²) in [5, 5.41) is 3.33. The summed E-state index contributed by atoms with van der Waals surface area (Å²) in [5.41, 5.74) is 0.511. The fourth-order valence-corrected chi connectivity index (χ4v) is 2.09. The minimum absolute atomic E-state index is 0.188. The molecule has 0 bridgehead atoms. The summed E-state index contributed by atoms with van der Waals surface area (Å²) in [6.07, 6.45) is 3.52. The average molecular weight is 329 g/mol. The van der Waals surface area contributed by atoms with Crippen molar-refractivity contribution in [3.8, 4) is 0 Å². The molecule has 0 saturated heterocycles. The van der Waals surface area contributed by atoms with E-state index in [4.69, 9.17) is 11.6 Å². The number of rotatable bonds is 3. The van der Waals surface area contributed by atoms with Crippen molar-refractivity contribution < 1.29 is 4.79 Å². The van der Waals surface area contributed by atoms with Crippen molar-refractivity contribution in [2.24, 2.45) is 7.05 Å². The van der Waals surface area contributed by atoms with Crippen molar-refractivity contribution in [2.75, 3.05) is 0 Å². The quantitative estimate of drug-likeness (QED) is 0.942. The largest absolute Gasteiger partial charge is 0.345 e. The van der Waals surface area contributed by atoms with E-state index >= 15 is 0 Å². The second kappa shape index (κ2) is 5.54. The molecule has 0 spiro atoms. The summed E-state index contributed by atoms with van der Waals surface area (Å²) in [6, 6.07) is 5.10. The van der Waals surface area contributed by atoms with Crippen LogP contribution in [0.1, 0.15) is 16.2 Å². The number of nitrogens with one attached hydrogen (secondary N) is 1. The van der Waals surface area contributed by atoms with Crippen molar-refractivity contribution in [3.63, 3.8) is 0 Å². The molecule has 1 heterocycles. The number of nitrogens with zero attached hydrogens (tertiary/aromatic N) is 2. The number of aromatic nitrogens is 2. The Kier molecular flexibility index (Phi) is 4.04. The zero-order valence-electron chi connectivity index (χ0n) is 9.65. The van der Waals surface area contributed by atoms with E-state index in [0.717, 1.165) is 5.82 Å². The van der Waals surface area contributed by atoms with Crippen LogP contribution in [0.5, 0.6) is 0 Å². The van der Waals surface area contributed by atoms with Gasteiger partial charge in [0.25, 0.3) is 5.91 Å². The summed E-state index contributed by atoms with van der Waals surface area (Å²) in [7, 11) is 1.88. The second-order valence-corrected chi connectivity index (χ2v) is 5.05. The highest BCUT2D eigenvalue weighted by Crippen LogP contribution is 2.21. The molecule has 1 amide bonds. The SMILES string of the molecule is Cn1ccnc1CNC(=O)c1cc(Cl)ccc1Br. The van der Waals surface area contributed by atoms with Crippen LogP contribution in [0.25, 0.3) is 0 Å². The van der Waals surface area contributed by atoms with E-state index in [-0.39, 0.29) is 5.91 Å². The van der Waals surface area contributed by atoms with Crippen LogP contribution in [-0.2, 0) is 13.6 Å². The smallest absolute Gasteiger partial charge is 0.252 e. The van der Waals surface area contributed by atoms with E-state index in [1.54, 1.807) is 24.4 Å². The number of hydrogen-bond acceptors (Lipinski definition) is 2. The molecule has 0 unspecified atom stereocenters. The van der Waals surface area contributed by atoms with Crippen LogP contribution in [0, 0.1) is 0 Å². The Morgan fingerprint density at radius 1 is 1.56 bits per heavy atom. The highest BCUT2D eigenvalue weighted by atomic mass is 79.9. The molecule has 2 rings (SSSR count). The Morgan fingerprint density at radius 2 is 2.33 bits per heavy atom. The van der Waals surface area contributed by atoms with Crippen molar-refractivity contribution in [2.45, 2.75) is 6.54 Å². The van der Waals surface area contributed by atoms with Crippen LogP contribution in [0.2, 0.25) is 5.02 Å². The molecular weight excluding hydrogens is 318 g/mol. The molecule has 1 aromatic heterocycles. The Hall–Kier alpha value is -1.33. The lowest BCUT2D eigenvalue weighted by atomic mass is 10.2. The minimum atomic E-state index is -0.188. The van der Waals surface area contributed by atoms with Crippen LogP contribution < -0.4 is 5.32 Å². The van der Waals surface area contributed by atoms with Crippen LogP contribution in [0.4, 0.5) is 0 Å². The topological polar surface area (TPSA) is 46.9 Å². The standard InChI is InChI=1S/C12H11BrClN3O/c1-17-5-4-15-11(17)7-16-12(18)9-6-8(14)2-3-10(9)13/h2-6H,7H2,1H3,(H,16,18). The number of benzene rings is 1. The minimum Gasteiger partial charge on any atom is -0.345 e. The third-order valence-corrected chi connectivity index (χ3v) is 3.43. The van der Waals surface area contributed by atoms with Crippen molar-refractivity contribution in [3.05, 3.63) is 51.5 Å². The molecule has 6 heteroatoms. The summed E-state index contributed by atoms with van der Waals surface area (Å²) < 4.78 is 2.57. The maximum absolute atomic E-state index is 12.0. The molecule has 0 aliphatic heterocycles. The lowest BCUT2D eigenvalue weighted by Gasteiger charge is -2.07. The average Bonchev–Trinajstić information content (AvgIpc) is 2.75. The maximum Gasteiger partial charge on any atom is 0.252 e. The normalized spacial score (nSPS) is 10.4. The molecule has 1 aromatic carbocycles. The van der Waals surface area contributed by atoms with Gasteiger partial charge in [0.1, 0.15) is 5.82 Å². The molecule has 0 radical (unpaired) electrons. The van der Waals surface area contributed by atoms with Gasteiger partial charge in [-0.2, -0.15) is 0 Å². The van der Waals surface area contributed by atoms with Gasteiger partial charge in [-0.1, -0.05) is 11.6 Å². The Labute approximate surface area is 118 Å². The Balaban J connectivity index is 2.08. The first-order valence-corrected chi connectivity index (χ1v) is 6.44. The number of carbonyl (C=O) groups excluding carboxylic acids is 1. The van der Waals surface area contributed by atoms with Gasteiger partial charge < -0.3 is 9.88 Å². The first kappa shape index (κ1) is 13.1. The molecule has 2 aromatic rings. The summed E-state index contributed by atoms with van der Waals surface area (Å²) in [5.74, 6) is 0.605. The Morgan fingerprint density at radius 3 is 3.00 bits per heavy atom. The molecule has 0 saturated carbocycles. The number of carbonyl (C=O) groups is 1. The van der Waals surface area contributed by atoms with Gasteiger partial charge >= 0.3 is 0 Å². The van der Waals surface area contributed by atoms with Crippen molar-refractivity contribution in [1.82, 2.24) is 14.9 Å². The summed E-state index contributed by atoms with van der Waals surface area (Å²) in [4.78, 5) is 16.1. The molecule has 0 fully saturated rings. The fourth-order valence-electron chi connectivity index (χ4n) is 1.49. The van der Waals surface area contributed by atoms with E-state index in [2.05, 4.69) is 26.2 Å². The zero-order chi connectivity index (χ0) is 13.1. The number of halogens is 2. The summed E-state index contributed by atoms with van der Waals surface area (Å²) >= 11 is 9.19. The number of imidazole rings is 1. The highest BCUT2D eigenvalue weighted by Gasteiger charge is 2.11. The van der Waals surface area contributed by atoms with Crippen LogP contribution in [0.15, 0.2) is 35.1 Å². The lowest BCUT2D eigenvalue weighted by molar-refractivity contribution is 0.0949. The molecule has 0 atom stereocenters. The molecule has 4 nitrogen and oxygen atoms in total. The zero-order valence-corrected chi connectivity index (χ0v) is 12.0. The number of amides is 1. The lowest BCUT2D eigenvalue weighted by Crippen LogP contribution is -2.24. The van der Waals surface area contributed by atoms with Gasteiger partial charge in [0.15, 0.2) is 0 Å². The first-order valence-electron chi connectivity index (χ1n) is 5.27. The highest BCUT2D eigenvalue weighted by molar-refractivity contribution is 9.10. The van der Waals surface area contributed by atoms with Gasteiger partial charge in [0.05, 0.1) is 12.1 Å². The molecule has 18 heavy (non-hydrogen) atoms. The van der Waals surface area contributed by atoms with Crippen LogP contribution in [0.3, 0.4) is 0 Å². The van der Waals surface area contributed by atoms with E-state index in [9.17, 15) is 4.79 Å². The predicted molar refractivity (Wildman–Crippen MR) is 73.5 cm³/mol. The number of aryl methyl sites for hydroxylation is 1. The fraction of sp³-hybridized carbons (Fsp3) is 0.167. The Bertz CT molecular complexity index is 582. The molecule has 0 aliphatic carbocycles. The van der Waals surface area contributed by atoms with Crippen molar-refractivity contribution >= 4 is 33.4 Å². The van der Waals surface area contributed by atoms with Gasteiger partial charge in [0, 0.05) is 28.9 Å². The van der Waals surface area contributed by atoms with Gasteiger partial charge in [-0.15, -0.1) is 0 Å². The van der Waals surface area contributed by atoms with E-state index in [0.29, 0.717) is 21.6 Å². The first-order chi connectivity index (χ1) is 8.58. The molecule has 1 N–H and O–H groups in total. The van der Waals surface area contributed by atoms with Gasteiger partial charge in [-0.25, -0.2) is 4.98 Å². The third-order valence-electron chi connectivity index (χ3n) is 2.50. The molecule has 94 valence electrons. The summed E-state index contributed by atoms with van der Waals surface area (Å²) in [6.45, 7) is 0.376. The maximum atomic E-state index is 12.0. The van der Waals surface area contributed by atoms with Gasteiger partial charge in [-0.05, 0) is 34.1 Å². The van der Waals surface area contributed by atoms with Crippen molar-refractivity contribution in [1.29, 1.82) is 0 Å². The van der Waals surface area contributed by atoms with E-state index in [1.807, 2.05) is 17.8 Å². The molecule has 0 aliphatic rings. The molecular formula is C12H11BrClN3O.